The summed E-state index contributed by atoms with van der Waals surface area (Å²) >= 11 is 0. The highest BCUT2D eigenvalue weighted by atomic mass is 16.6. The standard InChI is InChI=1S/C28H32N4O11/c1-2-42-27(41)32-12-10-31(11-13-32)24(36)17(6-7-19(33)34)21-20(23(29)35)22(43-28(26(39)40)8-3-9-28)16-5-4-15(25(37)38)14-18(16)30-21/h4-5,14,17H,2-3,6-13H2,1H3,(H2,29,35)(H,33,34)(H,37,38)(H,39,40). The molecule has 3 amide bonds. The van der Waals surface area contributed by atoms with Crippen LogP contribution in [0.5, 0.6) is 5.75 Å². The summed E-state index contributed by atoms with van der Waals surface area (Å²) in [5.41, 5.74) is 3.26. The van der Waals surface area contributed by atoms with E-state index in [1.54, 1.807) is 6.92 Å². The second-order valence-electron chi connectivity index (χ2n) is 10.4. The van der Waals surface area contributed by atoms with Gasteiger partial charge in [-0.05, 0) is 50.8 Å². The Morgan fingerprint density at radius 2 is 1.67 bits per heavy atom. The van der Waals surface area contributed by atoms with Crippen LogP contribution in [0.4, 0.5) is 4.79 Å². The molecule has 1 saturated carbocycles. The summed E-state index contributed by atoms with van der Waals surface area (Å²) in [5, 5.41) is 29.1. The monoisotopic (exact) mass is 600 g/mol. The largest absolute Gasteiger partial charge is 0.481 e. The van der Waals surface area contributed by atoms with Crippen molar-refractivity contribution in [1.29, 1.82) is 0 Å². The number of pyridine rings is 1. The molecule has 1 atom stereocenters. The Labute approximate surface area is 245 Å². The van der Waals surface area contributed by atoms with Gasteiger partial charge in [0, 0.05) is 38.0 Å². The molecule has 15 nitrogen and oxygen atoms in total. The van der Waals surface area contributed by atoms with E-state index in [0.717, 1.165) is 0 Å². The maximum Gasteiger partial charge on any atom is 0.409 e. The molecule has 2 fully saturated rings. The first-order chi connectivity index (χ1) is 20.4. The molecule has 4 rings (SSSR count). The third-order valence-electron chi connectivity index (χ3n) is 7.70. The van der Waals surface area contributed by atoms with E-state index in [1.807, 2.05) is 0 Å². The Bertz CT molecular complexity index is 1480. The number of carbonyl (C=O) groups is 6. The summed E-state index contributed by atoms with van der Waals surface area (Å²) in [4.78, 5) is 81.9. The fraction of sp³-hybridized carbons (Fsp3) is 0.464. The van der Waals surface area contributed by atoms with Crippen molar-refractivity contribution in [2.75, 3.05) is 32.8 Å². The Hall–Kier alpha value is -4.95. The lowest BCUT2D eigenvalue weighted by molar-refractivity contribution is -0.163. The van der Waals surface area contributed by atoms with Crippen LogP contribution in [0.3, 0.4) is 0 Å². The van der Waals surface area contributed by atoms with Gasteiger partial charge in [-0.25, -0.2) is 14.4 Å². The van der Waals surface area contributed by atoms with E-state index in [4.69, 9.17) is 15.2 Å². The van der Waals surface area contributed by atoms with Gasteiger partial charge in [0.15, 0.2) is 0 Å². The minimum absolute atomic E-state index is 0.0185. The summed E-state index contributed by atoms with van der Waals surface area (Å²) < 4.78 is 11.0. The van der Waals surface area contributed by atoms with Crippen LogP contribution in [0.2, 0.25) is 0 Å². The highest BCUT2D eigenvalue weighted by Crippen LogP contribution is 2.43. The molecule has 1 aliphatic carbocycles. The van der Waals surface area contributed by atoms with Gasteiger partial charge in [0.25, 0.3) is 5.91 Å². The lowest BCUT2D eigenvalue weighted by atomic mass is 9.80. The maximum atomic E-state index is 13.9. The molecule has 1 aliphatic heterocycles. The van der Waals surface area contributed by atoms with Crippen molar-refractivity contribution in [2.45, 2.75) is 50.5 Å². The van der Waals surface area contributed by atoms with Crippen LogP contribution in [0, 0.1) is 0 Å². The number of carbonyl (C=O) groups excluding carboxylic acids is 3. The average molecular weight is 601 g/mol. The van der Waals surface area contributed by atoms with Crippen molar-refractivity contribution in [3.63, 3.8) is 0 Å². The summed E-state index contributed by atoms with van der Waals surface area (Å²) in [6, 6.07) is 3.73. The quantitative estimate of drug-likeness (QED) is 0.289. The van der Waals surface area contributed by atoms with Crippen LogP contribution in [0.1, 0.15) is 71.4 Å². The third-order valence-corrected chi connectivity index (χ3v) is 7.70. The van der Waals surface area contributed by atoms with Gasteiger partial charge in [-0.15, -0.1) is 0 Å². The molecule has 1 saturated heterocycles. The highest BCUT2D eigenvalue weighted by Gasteiger charge is 2.48. The third kappa shape index (κ3) is 6.29. The predicted octanol–water partition coefficient (Wildman–Crippen LogP) is 1.67. The van der Waals surface area contributed by atoms with E-state index in [-0.39, 0.29) is 80.0 Å². The van der Waals surface area contributed by atoms with Gasteiger partial charge in [0.1, 0.15) is 11.3 Å². The van der Waals surface area contributed by atoms with Crippen molar-refractivity contribution in [3.05, 3.63) is 35.0 Å². The number of fused-ring (bicyclic) bond motifs is 1. The topological polar surface area (TPSA) is 227 Å². The number of amides is 3. The van der Waals surface area contributed by atoms with Crippen molar-refractivity contribution >= 4 is 46.7 Å². The number of aromatic carboxylic acids is 1. The average Bonchev–Trinajstić information content (AvgIpc) is 2.93. The number of hydrogen-bond donors (Lipinski definition) is 4. The number of rotatable bonds is 11. The zero-order chi connectivity index (χ0) is 31.5. The number of hydrogen-bond acceptors (Lipinski definition) is 9. The number of nitrogens with zero attached hydrogens (tertiary/aromatic N) is 3. The van der Waals surface area contributed by atoms with E-state index >= 15 is 0 Å². The zero-order valence-electron chi connectivity index (χ0n) is 23.4. The Morgan fingerprint density at radius 3 is 2.19 bits per heavy atom. The summed E-state index contributed by atoms with van der Waals surface area (Å²) in [6.07, 6.45) is -0.565. The van der Waals surface area contributed by atoms with Crippen LogP contribution in [0.15, 0.2) is 18.2 Å². The van der Waals surface area contributed by atoms with E-state index < -0.39 is 59.3 Å². The molecular weight excluding hydrogens is 568 g/mol. The number of aliphatic carboxylic acids is 2. The second kappa shape index (κ2) is 12.5. The van der Waals surface area contributed by atoms with E-state index in [1.165, 1.54) is 28.0 Å². The molecule has 2 aromatic rings. The normalized spacial score (nSPS) is 16.6. The molecule has 0 bridgehead atoms. The predicted molar refractivity (Wildman–Crippen MR) is 147 cm³/mol. The zero-order valence-corrected chi connectivity index (χ0v) is 23.4. The van der Waals surface area contributed by atoms with Crippen molar-refractivity contribution in [3.8, 4) is 5.75 Å². The van der Waals surface area contributed by atoms with Crippen LogP contribution in [0.25, 0.3) is 10.9 Å². The van der Waals surface area contributed by atoms with Gasteiger partial charge >= 0.3 is 24.0 Å². The molecule has 230 valence electrons. The Kier molecular flexibility index (Phi) is 9.01. The van der Waals surface area contributed by atoms with Gasteiger partial charge in [0.2, 0.25) is 11.5 Å². The number of piperazine rings is 1. The lowest BCUT2D eigenvalue weighted by Gasteiger charge is -2.39. The molecule has 2 heterocycles. The summed E-state index contributed by atoms with van der Waals surface area (Å²) in [7, 11) is 0. The molecule has 0 radical (unpaired) electrons. The van der Waals surface area contributed by atoms with Crippen LogP contribution in [-0.4, -0.2) is 104 Å². The first kappa shape index (κ1) is 31.0. The van der Waals surface area contributed by atoms with Crippen molar-refractivity contribution in [1.82, 2.24) is 14.8 Å². The van der Waals surface area contributed by atoms with E-state index in [2.05, 4.69) is 4.98 Å². The number of carboxylic acids is 3. The van der Waals surface area contributed by atoms with Crippen LogP contribution >= 0.6 is 0 Å². The van der Waals surface area contributed by atoms with Crippen LogP contribution in [-0.2, 0) is 19.1 Å². The molecule has 15 heteroatoms. The number of ether oxygens (including phenoxy) is 2. The first-order valence-corrected chi connectivity index (χ1v) is 13.7. The molecule has 1 aromatic heterocycles. The smallest absolute Gasteiger partial charge is 0.409 e. The fourth-order valence-electron chi connectivity index (χ4n) is 5.22. The van der Waals surface area contributed by atoms with E-state index in [9.17, 15) is 44.1 Å². The number of benzene rings is 1. The summed E-state index contributed by atoms with van der Waals surface area (Å²) in [6.45, 7) is 2.28. The van der Waals surface area contributed by atoms with Gasteiger partial charge in [-0.3, -0.25) is 19.4 Å². The molecule has 5 N–H and O–H groups in total. The van der Waals surface area contributed by atoms with Gasteiger partial charge < -0.3 is 40.3 Å². The van der Waals surface area contributed by atoms with E-state index in [0.29, 0.717) is 6.42 Å². The Balaban J connectivity index is 1.86. The summed E-state index contributed by atoms with van der Waals surface area (Å²) in [5.74, 6) is -7.11. The minimum atomic E-state index is -1.69. The second-order valence-corrected chi connectivity index (χ2v) is 10.4. The van der Waals surface area contributed by atoms with Crippen molar-refractivity contribution < 1.29 is 53.6 Å². The Morgan fingerprint density at radius 1 is 1.02 bits per heavy atom. The molecule has 43 heavy (non-hydrogen) atoms. The molecule has 1 aromatic carbocycles. The molecule has 2 aliphatic rings. The highest BCUT2D eigenvalue weighted by molar-refractivity contribution is 6.06. The molecule has 1 unspecified atom stereocenters. The molecule has 0 spiro atoms. The SMILES string of the molecule is CCOC(=O)N1CCN(C(=O)C(CCC(=O)O)c2nc3cc(C(=O)O)ccc3c(OC3(C(=O)O)CCC3)c2C(N)=O)CC1. The van der Waals surface area contributed by atoms with Crippen molar-refractivity contribution in [2.24, 2.45) is 5.73 Å². The van der Waals surface area contributed by atoms with Gasteiger partial charge in [-0.2, -0.15) is 0 Å². The van der Waals surface area contributed by atoms with Gasteiger partial charge in [0.05, 0.1) is 29.3 Å². The van der Waals surface area contributed by atoms with Gasteiger partial charge in [-0.1, -0.05) is 0 Å². The van der Waals surface area contributed by atoms with Crippen LogP contribution < -0.4 is 10.5 Å². The maximum absolute atomic E-state index is 13.9. The number of primary amides is 1. The minimum Gasteiger partial charge on any atom is -0.481 e. The number of nitrogens with two attached hydrogens (primary N) is 1. The fourth-order valence-corrected chi connectivity index (χ4v) is 5.22. The molecular formula is C28H32N4O11. The first-order valence-electron chi connectivity index (χ1n) is 13.7. The number of aromatic nitrogens is 1. The number of carboxylic acid groups (broad SMARTS) is 3. The lowest BCUT2D eigenvalue weighted by Crippen LogP contribution is -2.52.